The van der Waals surface area contributed by atoms with Crippen molar-refractivity contribution in [3.8, 4) is 17.7 Å². The zero-order valence-corrected chi connectivity index (χ0v) is 16.8. The molecule has 3 aromatic rings. The molecular formula is C20H14N4O6S. The molecule has 2 aromatic heterocycles. The van der Waals surface area contributed by atoms with Crippen LogP contribution in [0.5, 0.6) is 11.6 Å². The highest BCUT2D eigenvalue weighted by molar-refractivity contribution is 7.93. The molecule has 1 unspecified atom stereocenters. The summed E-state index contributed by atoms with van der Waals surface area (Å²) in [5, 5.41) is 19.9. The fourth-order valence-corrected chi connectivity index (χ4v) is 3.38. The molecule has 0 amide bonds. The minimum absolute atomic E-state index is 0.0213. The molecule has 1 aromatic carbocycles. The van der Waals surface area contributed by atoms with E-state index in [1.807, 2.05) is 0 Å². The summed E-state index contributed by atoms with van der Waals surface area (Å²) >= 11 is 0. The number of furan rings is 1. The largest absolute Gasteiger partial charge is 0.461 e. The van der Waals surface area contributed by atoms with Gasteiger partial charge in [0, 0.05) is 23.3 Å². The molecule has 10 nitrogen and oxygen atoms in total. The van der Waals surface area contributed by atoms with E-state index in [2.05, 4.69) is 9.35 Å². The highest BCUT2D eigenvalue weighted by Gasteiger charge is 2.15. The number of nitriles is 1. The van der Waals surface area contributed by atoms with Crippen LogP contribution in [0.4, 0.5) is 5.69 Å². The fourth-order valence-electron chi connectivity index (χ4n) is 2.31. The average Bonchev–Trinajstić information content (AvgIpc) is 3.30. The lowest BCUT2D eigenvalue weighted by Crippen LogP contribution is -2.01. The van der Waals surface area contributed by atoms with E-state index in [1.165, 1.54) is 61.0 Å². The lowest BCUT2D eigenvalue weighted by molar-refractivity contribution is -0.385. The Balaban J connectivity index is 1.78. The number of nitro groups is 1. The van der Waals surface area contributed by atoms with Crippen molar-refractivity contribution >= 4 is 21.2 Å². The van der Waals surface area contributed by atoms with Crippen LogP contribution in [0.25, 0.3) is 0 Å². The minimum atomic E-state index is -2.95. The first kappa shape index (κ1) is 21.4. The smallest absolute Gasteiger partial charge is 0.287 e. The number of carbonyl (C=O) groups excluding carboxylic acids is 1. The maximum absolute atomic E-state index is 12.9. The number of ketones is 1. The van der Waals surface area contributed by atoms with Crippen LogP contribution in [0, 0.1) is 21.4 Å². The number of nitrogens with zero attached hydrogens (tertiary/aromatic N) is 4. The molecule has 0 saturated heterocycles. The van der Waals surface area contributed by atoms with Gasteiger partial charge in [-0.05, 0) is 36.4 Å². The quantitative estimate of drug-likeness (QED) is 0.176. The van der Waals surface area contributed by atoms with Gasteiger partial charge in [-0.1, -0.05) is 0 Å². The third-order valence-electron chi connectivity index (χ3n) is 3.91. The van der Waals surface area contributed by atoms with Gasteiger partial charge in [0.15, 0.2) is 5.76 Å². The van der Waals surface area contributed by atoms with Crippen LogP contribution >= 0.6 is 0 Å². The molecule has 0 aliphatic rings. The molecule has 31 heavy (non-hydrogen) atoms. The molecule has 0 aliphatic heterocycles. The standard InChI is InChI=1S/C20H14N4O6S/c1-31(28,23-12-14(11-21)20(25)18-3-2-10-29-18)17-7-5-16(6-8-17)30-19-9-4-15(13-22-19)24(26)27/h2-10,12-13H,1H3/b14-12+. The van der Waals surface area contributed by atoms with Gasteiger partial charge in [-0.15, -0.1) is 0 Å². The van der Waals surface area contributed by atoms with Gasteiger partial charge in [0.2, 0.25) is 11.7 Å². The Bertz CT molecular complexity index is 1300. The molecule has 0 spiro atoms. The second kappa shape index (κ2) is 9.02. The van der Waals surface area contributed by atoms with E-state index in [0.717, 1.165) is 12.4 Å². The van der Waals surface area contributed by atoms with Crippen molar-refractivity contribution in [2.75, 3.05) is 6.26 Å². The molecule has 0 bridgehead atoms. The Hall–Kier alpha value is -4.30. The van der Waals surface area contributed by atoms with E-state index in [4.69, 9.17) is 9.15 Å². The zero-order valence-electron chi connectivity index (χ0n) is 16.0. The first-order valence-electron chi connectivity index (χ1n) is 8.58. The predicted molar refractivity (Wildman–Crippen MR) is 109 cm³/mol. The second-order valence-corrected chi connectivity index (χ2v) is 8.34. The summed E-state index contributed by atoms with van der Waals surface area (Å²) in [5.41, 5.74) is -0.473. The van der Waals surface area contributed by atoms with Crippen LogP contribution in [0.1, 0.15) is 10.6 Å². The number of ether oxygens (including phenoxy) is 1. The Morgan fingerprint density at radius 2 is 2.03 bits per heavy atom. The van der Waals surface area contributed by atoms with Gasteiger partial charge in [0.05, 0.1) is 27.1 Å². The van der Waals surface area contributed by atoms with Gasteiger partial charge in [-0.3, -0.25) is 14.9 Å². The van der Waals surface area contributed by atoms with Gasteiger partial charge in [-0.2, -0.15) is 5.26 Å². The van der Waals surface area contributed by atoms with E-state index in [9.17, 15) is 24.4 Å². The number of carbonyl (C=O) groups is 1. The number of rotatable bonds is 7. The summed E-state index contributed by atoms with van der Waals surface area (Å²) < 4.78 is 27.3. The van der Waals surface area contributed by atoms with E-state index >= 15 is 0 Å². The Labute approximate surface area is 176 Å². The maximum atomic E-state index is 12.9. The number of pyridine rings is 1. The summed E-state index contributed by atoms with van der Waals surface area (Å²) in [4.78, 5) is 26.4. The average molecular weight is 438 g/mol. The van der Waals surface area contributed by atoms with Gasteiger partial charge < -0.3 is 9.15 Å². The van der Waals surface area contributed by atoms with Crippen LogP contribution in [0.2, 0.25) is 0 Å². The first-order valence-corrected chi connectivity index (χ1v) is 10.5. The Kier molecular flexibility index (Phi) is 6.23. The van der Waals surface area contributed by atoms with Crippen molar-refractivity contribution in [3.05, 3.63) is 88.6 Å². The molecule has 0 aliphatic carbocycles. The molecule has 0 saturated carbocycles. The van der Waals surface area contributed by atoms with Gasteiger partial charge in [0.25, 0.3) is 5.69 Å². The van der Waals surface area contributed by atoms with E-state index in [0.29, 0.717) is 10.6 Å². The maximum Gasteiger partial charge on any atom is 0.287 e. The van der Waals surface area contributed by atoms with Crippen LogP contribution < -0.4 is 4.74 Å². The zero-order chi connectivity index (χ0) is 22.4. The molecule has 3 rings (SSSR count). The Morgan fingerprint density at radius 3 is 2.58 bits per heavy atom. The third kappa shape index (κ3) is 5.20. The minimum Gasteiger partial charge on any atom is -0.461 e. The molecule has 2 heterocycles. The van der Waals surface area contributed by atoms with Crippen molar-refractivity contribution in [1.82, 2.24) is 4.98 Å². The van der Waals surface area contributed by atoms with Crippen molar-refractivity contribution < 1.29 is 23.1 Å². The van der Waals surface area contributed by atoms with Gasteiger partial charge in [-0.25, -0.2) is 13.6 Å². The third-order valence-corrected chi connectivity index (χ3v) is 5.56. The van der Waals surface area contributed by atoms with Crippen molar-refractivity contribution in [3.63, 3.8) is 0 Å². The lowest BCUT2D eigenvalue weighted by Gasteiger charge is -2.07. The normalized spacial score (nSPS) is 13.0. The van der Waals surface area contributed by atoms with Crippen LogP contribution in [-0.2, 0) is 9.73 Å². The molecular weight excluding hydrogens is 424 g/mol. The molecule has 11 heteroatoms. The fraction of sp³-hybridized carbons (Fsp3) is 0.0500. The number of benzene rings is 1. The van der Waals surface area contributed by atoms with Crippen LogP contribution in [0.15, 0.2) is 86.4 Å². The van der Waals surface area contributed by atoms with E-state index in [1.54, 1.807) is 6.07 Å². The second-order valence-electron chi connectivity index (χ2n) is 6.05. The summed E-state index contributed by atoms with van der Waals surface area (Å²) in [6.07, 6.45) is 4.71. The van der Waals surface area contributed by atoms with Gasteiger partial charge in [0.1, 0.15) is 23.6 Å². The lowest BCUT2D eigenvalue weighted by atomic mass is 10.1. The summed E-state index contributed by atoms with van der Waals surface area (Å²) in [6, 6.07) is 13.4. The van der Waals surface area contributed by atoms with Crippen molar-refractivity contribution in [1.29, 1.82) is 5.26 Å². The van der Waals surface area contributed by atoms with Crippen molar-refractivity contribution in [2.45, 2.75) is 4.90 Å². The summed E-state index contributed by atoms with van der Waals surface area (Å²) in [7, 11) is -2.95. The monoisotopic (exact) mass is 438 g/mol. The number of aromatic nitrogens is 1. The molecule has 156 valence electrons. The highest BCUT2D eigenvalue weighted by atomic mass is 32.2. The number of Topliss-reactive ketones (excluding diaryl/α,β-unsaturated/α-hetero) is 1. The van der Waals surface area contributed by atoms with Crippen LogP contribution in [0.3, 0.4) is 0 Å². The number of hydrogen-bond acceptors (Lipinski definition) is 9. The molecule has 1 atom stereocenters. The van der Waals surface area contributed by atoms with Crippen LogP contribution in [-0.4, -0.2) is 26.2 Å². The SMILES string of the molecule is CS(=O)(=N/C=C(\C#N)C(=O)c1ccco1)c1ccc(Oc2ccc([N+](=O)[O-])cn2)cc1. The summed E-state index contributed by atoms with van der Waals surface area (Å²) in [6.45, 7) is 0. The predicted octanol–water partition coefficient (Wildman–Crippen LogP) is 4.12. The first-order chi connectivity index (χ1) is 14.8. The highest BCUT2D eigenvalue weighted by Crippen LogP contribution is 2.23. The van der Waals surface area contributed by atoms with E-state index in [-0.39, 0.29) is 22.9 Å². The molecule has 0 radical (unpaired) electrons. The number of allylic oxidation sites excluding steroid dienone is 1. The van der Waals surface area contributed by atoms with Gasteiger partial charge >= 0.3 is 0 Å². The van der Waals surface area contributed by atoms with Crippen molar-refractivity contribution in [2.24, 2.45) is 4.36 Å². The Morgan fingerprint density at radius 1 is 1.29 bits per heavy atom. The van der Waals surface area contributed by atoms with E-state index < -0.39 is 20.4 Å². The topological polar surface area (TPSA) is 149 Å². The molecule has 0 N–H and O–H groups in total. The summed E-state index contributed by atoms with van der Waals surface area (Å²) in [5.74, 6) is -0.169. The number of hydrogen-bond donors (Lipinski definition) is 0. The molecule has 0 fully saturated rings.